The van der Waals surface area contributed by atoms with Crippen LogP contribution in [0.1, 0.15) is 12.8 Å². The van der Waals surface area contributed by atoms with Gasteiger partial charge in [0.2, 0.25) is 0 Å². The van der Waals surface area contributed by atoms with Crippen molar-refractivity contribution < 1.29 is 4.21 Å². The van der Waals surface area contributed by atoms with Crippen molar-refractivity contribution in [3.63, 3.8) is 0 Å². The molecule has 0 spiro atoms. The lowest BCUT2D eigenvalue weighted by molar-refractivity contribution is 0.641. The van der Waals surface area contributed by atoms with Crippen molar-refractivity contribution in [2.75, 3.05) is 31.6 Å². The van der Waals surface area contributed by atoms with E-state index in [2.05, 4.69) is 5.32 Å². The van der Waals surface area contributed by atoms with Gasteiger partial charge in [-0.1, -0.05) is 0 Å². The summed E-state index contributed by atoms with van der Waals surface area (Å²) in [5, 5.41) is 3.23. The minimum Gasteiger partial charge on any atom is -0.330 e. The molecule has 1 atom stereocenters. The Kier molecular flexibility index (Phi) is 8.22. The third kappa shape index (κ3) is 10.1. The Hall–Kier alpha value is 0.0700. The Bertz CT molecular complexity index is 109. The maximum atomic E-state index is 10.6. The highest BCUT2D eigenvalue weighted by molar-refractivity contribution is 7.84. The van der Waals surface area contributed by atoms with Gasteiger partial charge < -0.3 is 11.1 Å². The predicted octanol–water partition coefficient (Wildman–Crippen LogP) is -0.307. The minimum absolute atomic E-state index is 0.637. The predicted molar refractivity (Wildman–Crippen MR) is 50.1 cm³/mol. The van der Waals surface area contributed by atoms with Crippen LogP contribution in [0.3, 0.4) is 0 Å². The molecule has 0 aromatic heterocycles. The van der Waals surface area contributed by atoms with Crippen LogP contribution in [0, 0.1) is 0 Å². The molecule has 0 aliphatic heterocycles. The summed E-state index contributed by atoms with van der Waals surface area (Å²) in [6.45, 7) is 2.68. The zero-order chi connectivity index (χ0) is 8.53. The normalized spacial score (nSPS) is 13.3. The van der Waals surface area contributed by atoms with Gasteiger partial charge in [-0.05, 0) is 32.5 Å². The lowest BCUT2D eigenvalue weighted by Gasteiger charge is -2.01. The molecule has 0 rings (SSSR count). The van der Waals surface area contributed by atoms with Gasteiger partial charge in [0.15, 0.2) is 0 Å². The molecule has 0 amide bonds. The molecule has 0 radical (unpaired) electrons. The molecule has 68 valence electrons. The fourth-order valence-corrected chi connectivity index (χ4v) is 1.30. The van der Waals surface area contributed by atoms with Crippen LogP contribution in [0.2, 0.25) is 0 Å². The van der Waals surface area contributed by atoms with Gasteiger partial charge in [-0.2, -0.15) is 0 Å². The second kappa shape index (κ2) is 8.17. The Morgan fingerprint density at radius 3 is 2.55 bits per heavy atom. The van der Waals surface area contributed by atoms with Crippen molar-refractivity contribution in [2.24, 2.45) is 5.73 Å². The third-order valence-electron chi connectivity index (χ3n) is 1.34. The molecule has 0 bridgehead atoms. The van der Waals surface area contributed by atoms with E-state index in [0.717, 1.165) is 38.2 Å². The Morgan fingerprint density at radius 2 is 2.00 bits per heavy atom. The molecule has 1 unspecified atom stereocenters. The first-order valence-electron chi connectivity index (χ1n) is 3.98. The first kappa shape index (κ1) is 11.1. The van der Waals surface area contributed by atoms with Crippen LogP contribution in [0.25, 0.3) is 0 Å². The first-order chi connectivity index (χ1) is 5.27. The second-order valence-corrected chi connectivity index (χ2v) is 4.08. The van der Waals surface area contributed by atoms with Gasteiger partial charge in [0.05, 0.1) is 0 Å². The Labute approximate surface area is 71.2 Å². The molecule has 0 aliphatic rings. The third-order valence-corrected chi connectivity index (χ3v) is 2.21. The monoisotopic (exact) mass is 178 g/mol. The van der Waals surface area contributed by atoms with Crippen LogP contribution in [-0.2, 0) is 10.8 Å². The van der Waals surface area contributed by atoms with Gasteiger partial charge in [0.1, 0.15) is 0 Å². The topological polar surface area (TPSA) is 55.1 Å². The molecule has 4 heteroatoms. The number of hydrogen-bond donors (Lipinski definition) is 2. The highest BCUT2D eigenvalue weighted by Crippen LogP contribution is 1.81. The van der Waals surface area contributed by atoms with Crippen molar-refractivity contribution in [2.45, 2.75) is 12.8 Å². The van der Waals surface area contributed by atoms with Crippen LogP contribution in [-0.4, -0.2) is 35.9 Å². The zero-order valence-corrected chi connectivity index (χ0v) is 7.95. The smallest absolute Gasteiger partial charge is 0.0244 e. The molecule has 0 aromatic carbocycles. The number of nitrogens with two attached hydrogens (primary N) is 1. The molecule has 0 aromatic rings. The maximum Gasteiger partial charge on any atom is 0.0244 e. The standard InChI is InChI=1S/C7H18N2OS/c1-11(10)7-3-6-9-5-2-4-8/h9H,2-8H2,1H3. The van der Waals surface area contributed by atoms with Crippen molar-refractivity contribution in [1.82, 2.24) is 5.32 Å². The van der Waals surface area contributed by atoms with E-state index >= 15 is 0 Å². The van der Waals surface area contributed by atoms with Crippen molar-refractivity contribution in [3.8, 4) is 0 Å². The summed E-state index contributed by atoms with van der Waals surface area (Å²) in [7, 11) is -0.637. The molecule has 11 heavy (non-hydrogen) atoms. The van der Waals surface area contributed by atoms with Crippen LogP contribution in [0.5, 0.6) is 0 Å². The summed E-state index contributed by atoms with van der Waals surface area (Å²) in [6.07, 6.45) is 3.75. The van der Waals surface area contributed by atoms with E-state index in [4.69, 9.17) is 5.73 Å². The number of rotatable bonds is 7. The molecule has 0 aliphatic carbocycles. The van der Waals surface area contributed by atoms with Crippen molar-refractivity contribution in [1.29, 1.82) is 0 Å². The highest BCUT2D eigenvalue weighted by atomic mass is 32.2. The second-order valence-electron chi connectivity index (χ2n) is 2.52. The van der Waals surface area contributed by atoms with E-state index in [1.807, 2.05) is 0 Å². The van der Waals surface area contributed by atoms with Gasteiger partial charge in [-0.3, -0.25) is 4.21 Å². The minimum atomic E-state index is -0.637. The fourth-order valence-electron chi connectivity index (χ4n) is 0.752. The lowest BCUT2D eigenvalue weighted by Crippen LogP contribution is -2.20. The number of hydrogen-bond acceptors (Lipinski definition) is 3. The maximum absolute atomic E-state index is 10.6. The van der Waals surface area contributed by atoms with Gasteiger partial charge in [0.25, 0.3) is 0 Å². The van der Waals surface area contributed by atoms with Gasteiger partial charge in [-0.15, -0.1) is 0 Å². The molecule has 3 nitrogen and oxygen atoms in total. The van der Waals surface area contributed by atoms with E-state index in [1.54, 1.807) is 6.26 Å². The van der Waals surface area contributed by atoms with E-state index in [-0.39, 0.29) is 0 Å². The Balaban J connectivity index is 2.85. The molecule has 3 N–H and O–H groups in total. The van der Waals surface area contributed by atoms with E-state index in [9.17, 15) is 4.21 Å². The molecule has 0 saturated heterocycles. The zero-order valence-electron chi connectivity index (χ0n) is 7.14. The summed E-state index contributed by atoms with van der Waals surface area (Å²) in [4.78, 5) is 0. The van der Waals surface area contributed by atoms with Gasteiger partial charge >= 0.3 is 0 Å². The van der Waals surface area contributed by atoms with Crippen molar-refractivity contribution in [3.05, 3.63) is 0 Å². The molecule has 0 fully saturated rings. The quantitative estimate of drug-likeness (QED) is 0.526. The summed E-state index contributed by atoms with van der Waals surface area (Å²) < 4.78 is 10.6. The van der Waals surface area contributed by atoms with E-state index in [0.29, 0.717) is 0 Å². The highest BCUT2D eigenvalue weighted by Gasteiger charge is 1.90. The number of nitrogens with one attached hydrogen (secondary N) is 1. The van der Waals surface area contributed by atoms with Crippen molar-refractivity contribution >= 4 is 10.8 Å². The largest absolute Gasteiger partial charge is 0.330 e. The Morgan fingerprint density at radius 1 is 1.36 bits per heavy atom. The fraction of sp³-hybridized carbons (Fsp3) is 1.00. The summed E-state index contributed by atoms with van der Waals surface area (Å²) in [5.74, 6) is 0.801. The first-order valence-corrected chi connectivity index (χ1v) is 5.71. The SMILES string of the molecule is CS(=O)CCCNCCCN. The summed E-state index contributed by atoms with van der Waals surface area (Å²) >= 11 is 0. The van der Waals surface area contributed by atoms with Crippen LogP contribution < -0.4 is 11.1 Å². The molecule has 0 saturated carbocycles. The summed E-state index contributed by atoms with van der Waals surface area (Å²) in [5.41, 5.74) is 5.30. The summed E-state index contributed by atoms with van der Waals surface area (Å²) in [6, 6.07) is 0. The molecule has 0 heterocycles. The average molecular weight is 178 g/mol. The van der Waals surface area contributed by atoms with Crippen LogP contribution >= 0.6 is 0 Å². The van der Waals surface area contributed by atoms with Gasteiger partial charge in [0, 0.05) is 22.8 Å². The van der Waals surface area contributed by atoms with Crippen LogP contribution in [0.4, 0.5) is 0 Å². The lowest BCUT2D eigenvalue weighted by atomic mass is 10.4. The van der Waals surface area contributed by atoms with E-state index in [1.165, 1.54) is 0 Å². The average Bonchev–Trinajstić information content (AvgIpc) is 1.96. The molecular weight excluding hydrogens is 160 g/mol. The van der Waals surface area contributed by atoms with E-state index < -0.39 is 10.8 Å². The van der Waals surface area contributed by atoms with Gasteiger partial charge in [-0.25, -0.2) is 0 Å². The molecular formula is C7H18N2OS. The van der Waals surface area contributed by atoms with Crippen LogP contribution in [0.15, 0.2) is 0 Å².